The molecular formula is C25H33N3O6S. The van der Waals surface area contributed by atoms with E-state index in [-0.39, 0.29) is 31.0 Å². The Bertz CT molecular complexity index is 1180. The molecule has 2 aromatic carbocycles. The minimum absolute atomic E-state index is 0.0456. The number of sulfonamides is 1. The second kappa shape index (κ2) is 11.0. The van der Waals surface area contributed by atoms with E-state index in [1.54, 1.807) is 12.1 Å². The first-order chi connectivity index (χ1) is 16.5. The molecule has 2 amide bonds. The number of nitrogens with one attached hydrogen (secondary N) is 1. The molecule has 35 heavy (non-hydrogen) atoms. The van der Waals surface area contributed by atoms with E-state index in [4.69, 9.17) is 9.47 Å². The number of amides is 2. The van der Waals surface area contributed by atoms with Crippen molar-refractivity contribution in [3.8, 4) is 11.5 Å². The molecule has 1 aliphatic rings. The van der Waals surface area contributed by atoms with E-state index in [9.17, 15) is 18.0 Å². The van der Waals surface area contributed by atoms with Gasteiger partial charge in [0.15, 0.2) is 11.5 Å². The van der Waals surface area contributed by atoms with Crippen LogP contribution in [-0.4, -0.2) is 56.8 Å². The molecule has 0 aliphatic carbocycles. The lowest BCUT2D eigenvalue weighted by Gasteiger charge is -2.33. The van der Waals surface area contributed by atoms with E-state index in [1.165, 1.54) is 11.0 Å². The zero-order valence-electron chi connectivity index (χ0n) is 20.8. The Hall–Kier alpha value is -3.27. The van der Waals surface area contributed by atoms with Crippen LogP contribution >= 0.6 is 0 Å². The fourth-order valence-corrected chi connectivity index (χ4v) is 4.77. The van der Waals surface area contributed by atoms with Crippen molar-refractivity contribution in [1.29, 1.82) is 0 Å². The fraction of sp³-hybridized carbons (Fsp3) is 0.440. The summed E-state index contributed by atoms with van der Waals surface area (Å²) in [7, 11) is -3.83. The number of rotatable bonds is 10. The van der Waals surface area contributed by atoms with Crippen molar-refractivity contribution in [2.45, 2.75) is 52.7 Å². The number of hydrogen-bond donors (Lipinski definition) is 1. The van der Waals surface area contributed by atoms with Gasteiger partial charge in [0, 0.05) is 18.7 Å². The van der Waals surface area contributed by atoms with Crippen LogP contribution in [0.3, 0.4) is 0 Å². The summed E-state index contributed by atoms with van der Waals surface area (Å²) in [4.78, 5) is 28.2. The molecule has 1 atom stereocenters. The van der Waals surface area contributed by atoms with Crippen molar-refractivity contribution in [1.82, 2.24) is 10.2 Å². The van der Waals surface area contributed by atoms with Crippen molar-refractivity contribution in [3.05, 3.63) is 53.6 Å². The molecule has 1 aliphatic heterocycles. The number of benzene rings is 2. The number of aryl methyl sites for hydroxylation is 1. The molecule has 9 nitrogen and oxygen atoms in total. The van der Waals surface area contributed by atoms with Crippen molar-refractivity contribution < 1.29 is 27.5 Å². The highest BCUT2D eigenvalue weighted by atomic mass is 32.2. The third-order valence-electron chi connectivity index (χ3n) is 5.74. The lowest BCUT2D eigenvalue weighted by molar-refractivity contribution is -0.140. The Morgan fingerprint density at radius 2 is 1.77 bits per heavy atom. The maximum atomic E-state index is 13.7. The average Bonchev–Trinajstić information content (AvgIpc) is 3.25. The molecule has 3 rings (SSSR count). The largest absolute Gasteiger partial charge is 0.454 e. The van der Waals surface area contributed by atoms with Crippen molar-refractivity contribution >= 4 is 27.5 Å². The van der Waals surface area contributed by atoms with Gasteiger partial charge in [-0.2, -0.15) is 0 Å². The van der Waals surface area contributed by atoms with Gasteiger partial charge in [-0.05, 0) is 50.5 Å². The van der Waals surface area contributed by atoms with Gasteiger partial charge in [-0.3, -0.25) is 13.9 Å². The third kappa shape index (κ3) is 6.45. The van der Waals surface area contributed by atoms with Crippen LogP contribution < -0.4 is 19.1 Å². The van der Waals surface area contributed by atoms with Crippen LogP contribution in [-0.2, 0) is 26.2 Å². The molecule has 0 aromatic heterocycles. The second-order valence-corrected chi connectivity index (χ2v) is 10.7. The Morgan fingerprint density at radius 3 is 2.40 bits per heavy atom. The molecule has 10 heteroatoms. The molecule has 0 saturated heterocycles. The van der Waals surface area contributed by atoms with E-state index in [0.717, 1.165) is 21.7 Å². The number of carbonyl (C=O) groups is 2. The molecule has 0 radical (unpaired) electrons. The first-order valence-corrected chi connectivity index (χ1v) is 13.4. The van der Waals surface area contributed by atoms with Crippen LogP contribution in [0.15, 0.2) is 42.5 Å². The standard InChI is InChI=1S/C25H33N3O6S/c1-6-21(25(30)26-17(2)3)27(14-19-10-8-7-9-18(19)4)24(29)15-28(35(5,31)32)20-11-12-22-23(13-20)34-16-33-22/h7-13,17,21H,6,14-16H2,1-5H3,(H,26,30)/t21-/m1/s1. The summed E-state index contributed by atoms with van der Waals surface area (Å²) in [6.07, 6.45) is 1.42. The average molecular weight is 504 g/mol. The molecule has 0 unspecified atom stereocenters. The molecule has 0 fully saturated rings. The number of anilines is 1. The molecule has 190 valence electrons. The summed E-state index contributed by atoms with van der Waals surface area (Å²) in [5, 5.41) is 2.88. The third-order valence-corrected chi connectivity index (χ3v) is 6.88. The Morgan fingerprint density at radius 1 is 1.09 bits per heavy atom. The number of fused-ring (bicyclic) bond motifs is 1. The van der Waals surface area contributed by atoms with E-state index < -0.39 is 28.5 Å². The second-order valence-electron chi connectivity index (χ2n) is 8.84. The van der Waals surface area contributed by atoms with E-state index in [2.05, 4.69) is 5.32 Å². The van der Waals surface area contributed by atoms with Crippen molar-refractivity contribution in [2.24, 2.45) is 0 Å². The van der Waals surface area contributed by atoms with Gasteiger partial charge in [0.25, 0.3) is 0 Å². The quantitative estimate of drug-likeness (QED) is 0.535. The summed E-state index contributed by atoms with van der Waals surface area (Å²) in [6.45, 7) is 7.22. The number of ether oxygens (including phenoxy) is 2. The molecular weight excluding hydrogens is 470 g/mol. The monoisotopic (exact) mass is 503 g/mol. The van der Waals surface area contributed by atoms with Gasteiger partial charge in [0.1, 0.15) is 12.6 Å². The smallest absolute Gasteiger partial charge is 0.244 e. The zero-order valence-corrected chi connectivity index (χ0v) is 21.6. The van der Waals surface area contributed by atoms with E-state index >= 15 is 0 Å². The van der Waals surface area contributed by atoms with Gasteiger partial charge >= 0.3 is 0 Å². The predicted octanol–water partition coefficient (Wildman–Crippen LogP) is 2.82. The zero-order chi connectivity index (χ0) is 25.8. The van der Waals surface area contributed by atoms with Crippen LogP contribution in [0.5, 0.6) is 11.5 Å². The fourth-order valence-electron chi connectivity index (χ4n) is 3.93. The predicted molar refractivity (Wildman–Crippen MR) is 134 cm³/mol. The van der Waals surface area contributed by atoms with Gasteiger partial charge in [0.05, 0.1) is 11.9 Å². The van der Waals surface area contributed by atoms with Crippen molar-refractivity contribution in [3.63, 3.8) is 0 Å². The Kier molecular flexibility index (Phi) is 8.26. The highest BCUT2D eigenvalue weighted by Gasteiger charge is 2.32. The van der Waals surface area contributed by atoms with Crippen molar-refractivity contribution in [2.75, 3.05) is 23.9 Å². The van der Waals surface area contributed by atoms with Gasteiger partial charge in [0.2, 0.25) is 28.6 Å². The lowest BCUT2D eigenvalue weighted by Crippen LogP contribution is -2.53. The van der Waals surface area contributed by atoms with Crippen LogP contribution in [0.1, 0.15) is 38.3 Å². The first-order valence-electron chi connectivity index (χ1n) is 11.5. The summed E-state index contributed by atoms with van der Waals surface area (Å²) < 4.78 is 37.2. The maximum absolute atomic E-state index is 13.7. The topological polar surface area (TPSA) is 105 Å². The van der Waals surface area contributed by atoms with Gasteiger partial charge in [-0.15, -0.1) is 0 Å². The minimum atomic E-state index is -3.83. The van der Waals surface area contributed by atoms with Gasteiger partial charge in [-0.25, -0.2) is 8.42 Å². The molecule has 1 N–H and O–H groups in total. The lowest BCUT2D eigenvalue weighted by atomic mass is 10.1. The number of nitrogens with zero attached hydrogens (tertiary/aromatic N) is 2. The normalized spacial score (nSPS) is 13.4. The van der Waals surface area contributed by atoms with Gasteiger partial charge < -0.3 is 19.7 Å². The molecule has 0 spiro atoms. The van der Waals surface area contributed by atoms with Gasteiger partial charge in [-0.1, -0.05) is 31.2 Å². The van der Waals surface area contributed by atoms with Crippen LogP contribution in [0, 0.1) is 6.92 Å². The first kappa shape index (κ1) is 26.3. The molecule has 2 aromatic rings. The van der Waals surface area contributed by atoms with Crippen LogP contribution in [0.25, 0.3) is 0 Å². The molecule has 0 bridgehead atoms. The highest BCUT2D eigenvalue weighted by molar-refractivity contribution is 7.92. The maximum Gasteiger partial charge on any atom is 0.244 e. The minimum Gasteiger partial charge on any atom is -0.454 e. The summed E-state index contributed by atoms with van der Waals surface area (Å²) in [5.74, 6) is 0.148. The summed E-state index contributed by atoms with van der Waals surface area (Å²) in [6, 6.07) is 11.4. The van der Waals surface area contributed by atoms with Crippen LogP contribution in [0.4, 0.5) is 5.69 Å². The Balaban J connectivity index is 1.96. The molecule has 1 heterocycles. The van der Waals surface area contributed by atoms with E-state index in [0.29, 0.717) is 17.9 Å². The summed E-state index contributed by atoms with van der Waals surface area (Å²) in [5.41, 5.74) is 2.13. The summed E-state index contributed by atoms with van der Waals surface area (Å²) >= 11 is 0. The number of hydrogen-bond acceptors (Lipinski definition) is 6. The SMILES string of the molecule is CC[C@H](C(=O)NC(C)C)N(Cc1ccccc1C)C(=O)CN(c1ccc2c(c1)OCO2)S(C)(=O)=O. The van der Waals surface area contributed by atoms with Crippen LogP contribution in [0.2, 0.25) is 0 Å². The number of carbonyl (C=O) groups excluding carboxylic acids is 2. The van der Waals surface area contributed by atoms with E-state index in [1.807, 2.05) is 52.0 Å². The molecule has 0 saturated carbocycles. The Labute approximate surface area is 207 Å². The highest BCUT2D eigenvalue weighted by Crippen LogP contribution is 2.36.